The van der Waals surface area contributed by atoms with Gasteiger partial charge in [-0.3, -0.25) is 9.59 Å². The predicted molar refractivity (Wildman–Crippen MR) is 110 cm³/mol. The second-order valence-corrected chi connectivity index (χ2v) is 8.17. The molecule has 0 spiro atoms. The molecule has 1 aliphatic heterocycles. The highest BCUT2D eigenvalue weighted by Crippen LogP contribution is 2.51. The number of hydrogen-bond donors (Lipinski definition) is 1. The maximum atomic E-state index is 13.1. The molecular formula is C23H25N3O2. The number of nitriles is 1. The van der Waals surface area contributed by atoms with Gasteiger partial charge in [-0.2, -0.15) is 5.26 Å². The van der Waals surface area contributed by atoms with Gasteiger partial charge >= 0.3 is 0 Å². The van der Waals surface area contributed by atoms with E-state index in [0.29, 0.717) is 11.3 Å². The minimum atomic E-state index is -0.391. The number of hydrogen-bond acceptors (Lipinski definition) is 3. The normalized spacial score (nSPS) is 16.2. The summed E-state index contributed by atoms with van der Waals surface area (Å²) in [6.07, 6.45) is 0.240. The van der Waals surface area contributed by atoms with Crippen LogP contribution in [0.4, 0.5) is 11.4 Å². The topological polar surface area (TPSA) is 73.2 Å². The zero-order chi connectivity index (χ0) is 20.5. The Balaban J connectivity index is 1.69. The first-order chi connectivity index (χ1) is 13.2. The molecule has 0 unspecified atom stereocenters. The summed E-state index contributed by atoms with van der Waals surface area (Å²) in [5.74, 6) is -0.277. The van der Waals surface area contributed by atoms with Crippen LogP contribution in [0.1, 0.15) is 51.7 Å². The molecule has 0 radical (unpaired) electrons. The van der Waals surface area contributed by atoms with Crippen molar-refractivity contribution < 1.29 is 9.59 Å². The number of carbonyl (C=O) groups is 2. The molecule has 0 fully saturated rings. The Morgan fingerprint density at radius 2 is 1.64 bits per heavy atom. The lowest BCUT2D eigenvalue weighted by Crippen LogP contribution is -2.53. The van der Waals surface area contributed by atoms with Crippen LogP contribution in [0, 0.1) is 11.3 Å². The van der Waals surface area contributed by atoms with Gasteiger partial charge in [0.1, 0.15) is 0 Å². The van der Waals surface area contributed by atoms with Crippen molar-refractivity contribution in [2.45, 2.75) is 51.5 Å². The van der Waals surface area contributed by atoms with E-state index in [-0.39, 0.29) is 30.1 Å². The summed E-state index contributed by atoms with van der Waals surface area (Å²) in [5, 5.41) is 11.6. The zero-order valence-electron chi connectivity index (χ0n) is 16.7. The molecule has 0 aliphatic carbocycles. The summed E-state index contributed by atoms with van der Waals surface area (Å²) < 4.78 is 0. The molecule has 2 amide bonds. The summed E-state index contributed by atoms with van der Waals surface area (Å²) in [4.78, 5) is 27.2. The highest BCUT2D eigenvalue weighted by Gasteiger charge is 2.52. The molecule has 2 aromatic rings. The van der Waals surface area contributed by atoms with Crippen LogP contribution in [-0.4, -0.2) is 17.4 Å². The van der Waals surface area contributed by atoms with Crippen LogP contribution in [-0.2, 0) is 15.0 Å². The van der Waals surface area contributed by atoms with Crippen LogP contribution in [0.2, 0.25) is 0 Å². The van der Waals surface area contributed by atoms with Gasteiger partial charge in [0.05, 0.1) is 17.2 Å². The van der Waals surface area contributed by atoms with Crippen molar-refractivity contribution in [3.05, 3.63) is 59.7 Å². The molecular weight excluding hydrogens is 350 g/mol. The van der Waals surface area contributed by atoms with E-state index in [9.17, 15) is 9.59 Å². The number of rotatable bonds is 4. The Kier molecular flexibility index (Phi) is 4.99. The number of nitrogens with zero attached hydrogens (tertiary/aromatic N) is 2. The Morgan fingerprint density at radius 1 is 1.00 bits per heavy atom. The van der Waals surface area contributed by atoms with Crippen molar-refractivity contribution in [1.82, 2.24) is 0 Å². The molecule has 0 atom stereocenters. The van der Waals surface area contributed by atoms with Crippen LogP contribution in [0.25, 0.3) is 0 Å². The maximum absolute atomic E-state index is 13.1. The number of carbonyl (C=O) groups excluding carboxylic acids is 2. The van der Waals surface area contributed by atoms with Crippen LogP contribution in [0.5, 0.6) is 0 Å². The van der Waals surface area contributed by atoms with Crippen molar-refractivity contribution in [2.75, 3.05) is 10.2 Å². The quantitative estimate of drug-likeness (QED) is 0.862. The molecule has 0 bridgehead atoms. The van der Waals surface area contributed by atoms with Gasteiger partial charge in [-0.05, 0) is 49.7 Å². The van der Waals surface area contributed by atoms with Crippen LogP contribution in [0.15, 0.2) is 48.5 Å². The van der Waals surface area contributed by atoms with Crippen LogP contribution in [0.3, 0.4) is 0 Å². The fourth-order valence-corrected chi connectivity index (χ4v) is 3.74. The lowest BCUT2D eigenvalue weighted by molar-refractivity contribution is -0.123. The second kappa shape index (κ2) is 7.12. The predicted octanol–water partition coefficient (Wildman–Crippen LogP) is 4.38. The van der Waals surface area contributed by atoms with Crippen molar-refractivity contribution >= 4 is 23.2 Å². The number of para-hydroxylation sites is 1. The molecule has 2 aromatic carbocycles. The first kappa shape index (κ1) is 19.6. The number of benzene rings is 2. The molecule has 28 heavy (non-hydrogen) atoms. The Morgan fingerprint density at radius 3 is 2.29 bits per heavy atom. The number of nitrogens with one attached hydrogen (secondary N) is 1. The van der Waals surface area contributed by atoms with E-state index in [0.717, 1.165) is 11.3 Å². The van der Waals surface area contributed by atoms with Gasteiger partial charge in [-0.15, -0.1) is 0 Å². The number of anilines is 2. The summed E-state index contributed by atoms with van der Waals surface area (Å²) in [7, 11) is 0. The highest BCUT2D eigenvalue weighted by molar-refractivity contribution is 6.01. The van der Waals surface area contributed by atoms with E-state index in [4.69, 9.17) is 5.26 Å². The maximum Gasteiger partial charge on any atom is 0.228 e. The molecule has 3 rings (SSSR count). The minimum absolute atomic E-state index is 0.0574. The summed E-state index contributed by atoms with van der Waals surface area (Å²) >= 11 is 0. The van der Waals surface area contributed by atoms with Gasteiger partial charge in [-0.1, -0.05) is 32.0 Å². The standard InChI is InChI=1S/C23H25N3O2/c1-22(2)18-7-5-6-8-19(18)26(23(22,3)4)21(28)14-13-20(27)25-17-11-9-16(15-24)10-12-17/h5-12H,13-14H2,1-4H3,(H,25,27). The second-order valence-electron chi connectivity index (χ2n) is 8.17. The zero-order valence-corrected chi connectivity index (χ0v) is 16.7. The fourth-order valence-electron chi connectivity index (χ4n) is 3.74. The molecule has 1 N–H and O–H groups in total. The number of fused-ring (bicyclic) bond motifs is 1. The van der Waals surface area contributed by atoms with E-state index in [1.54, 1.807) is 24.3 Å². The van der Waals surface area contributed by atoms with Crippen LogP contribution >= 0.6 is 0 Å². The summed E-state index contributed by atoms with van der Waals surface area (Å²) in [5.41, 5.74) is 2.64. The Hall–Kier alpha value is -3.13. The third-order valence-corrected chi connectivity index (χ3v) is 6.02. The molecule has 0 aromatic heterocycles. The molecule has 0 saturated heterocycles. The van der Waals surface area contributed by atoms with E-state index >= 15 is 0 Å². The molecule has 1 heterocycles. The molecule has 0 saturated carbocycles. The average Bonchev–Trinajstić information content (AvgIpc) is 2.83. The largest absolute Gasteiger partial charge is 0.326 e. The third kappa shape index (κ3) is 3.27. The monoisotopic (exact) mass is 375 g/mol. The average molecular weight is 375 g/mol. The van der Waals surface area contributed by atoms with Gasteiger partial charge in [-0.25, -0.2) is 0 Å². The van der Waals surface area contributed by atoms with Crippen LogP contribution < -0.4 is 10.2 Å². The minimum Gasteiger partial charge on any atom is -0.326 e. The molecule has 5 heteroatoms. The molecule has 1 aliphatic rings. The first-order valence-corrected chi connectivity index (χ1v) is 9.41. The smallest absolute Gasteiger partial charge is 0.228 e. The van der Waals surface area contributed by atoms with Crippen molar-refractivity contribution in [3.8, 4) is 6.07 Å². The van der Waals surface area contributed by atoms with Gasteiger partial charge in [0.2, 0.25) is 11.8 Å². The van der Waals surface area contributed by atoms with Gasteiger partial charge < -0.3 is 10.2 Å². The molecule has 5 nitrogen and oxygen atoms in total. The Bertz CT molecular complexity index is 953. The molecule has 144 valence electrons. The van der Waals surface area contributed by atoms with E-state index in [1.165, 1.54) is 0 Å². The fraction of sp³-hybridized carbons (Fsp3) is 0.348. The SMILES string of the molecule is CC1(C)c2ccccc2N(C(=O)CCC(=O)Nc2ccc(C#N)cc2)C1(C)C. The highest BCUT2D eigenvalue weighted by atomic mass is 16.2. The van der Waals surface area contributed by atoms with Crippen molar-refractivity contribution in [3.63, 3.8) is 0 Å². The van der Waals surface area contributed by atoms with E-state index < -0.39 is 5.54 Å². The van der Waals surface area contributed by atoms with E-state index in [2.05, 4.69) is 39.1 Å². The lowest BCUT2D eigenvalue weighted by atomic mass is 9.72. The van der Waals surface area contributed by atoms with Crippen molar-refractivity contribution in [1.29, 1.82) is 5.26 Å². The summed E-state index contributed by atoms with van der Waals surface area (Å²) in [6, 6.07) is 16.7. The lowest BCUT2D eigenvalue weighted by Gasteiger charge is -2.41. The van der Waals surface area contributed by atoms with E-state index in [1.807, 2.05) is 29.2 Å². The first-order valence-electron chi connectivity index (χ1n) is 9.41. The van der Waals surface area contributed by atoms with Gasteiger partial charge in [0.25, 0.3) is 0 Å². The van der Waals surface area contributed by atoms with Gasteiger partial charge in [0, 0.05) is 29.6 Å². The summed E-state index contributed by atoms with van der Waals surface area (Å²) in [6.45, 7) is 8.44. The number of amides is 2. The Labute approximate surface area is 166 Å². The van der Waals surface area contributed by atoms with Crippen molar-refractivity contribution in [2.24, 2.45) is 0 Å². The van der Waals surface area contributed by atoms with Gasteiger partial charge in [0.15, 0.2) is 0 Å². The third-order valence-electron chi connectivity index (χ3n) is 6.02.